The number of rotatable bonds is 7. The molecule has 0 bridgehead atoms. The van der Waals surface area contributed by atoms with Crippen molar-refractivity contribution in [3.63, 3.8) is 0 Å². The van der Waals surface area contributed by atoms with Crippen LogP contribution in [-0.4, -0.2) is 20.1 Å². The number of pyridine rings is 1. The van der Waals surface area contributed by atoms with Gasteiger partial charge in [0.2, 0.25) is 5.82 Å². The van der Waals surface area contributed by atoms with Crippen LogP contribution < -0.4 is 10.6 Å². The number of hydrogen-bond acceptors (Lipinski definition) is 6. The molecule has 0 amide bonds. The number of nitrogens with zero attached hydrogens (tertiary/aromatic N) is 3. The summed E-state index contributed by atoms with van der Waals surface area (Å²) in [5, 5.41) is 24.0. The van der Waals surface area contributed by atoms with Crippen LogP contribution in [0.25, 0.3) is 0 Å². The fraction of sp³-hybridized carbons (Fsp3) is 0.263. The second kappa shape index (κ2) is 7.46. The Balaban J connectivity index is 1.61. The van der Waals surface area contributed by atoms with Crippen LogP contribution in [0.4, 0.5) is 31.9 Å². The minimum Gasteiger partial charge on any atom is -0.358 e. The quantitative estimate of drug-likeness (QED) is 0.389. The third kappa shape index (κ3) is 4.15. The molecule has 1 aliphatic carbocycles. The van der Waals surface area contributed by atoms with Crippen molar-refractivity contribution in [3.05, 3.63) is 69.4 Å². The van der Waals surface area contributed by atoms with Gasteiger partial charge < -0.3 is 10.6 Å². The van der Waals surface area contributed by atoms with Crippen LogP contribution in [0.2, 0.25) is 0 Å². The maximum absolute atomic E-state index is 14.4. The molecule has 4 rings (SSSR count). The molecule has 0 radical (unpaired) electrons. The van der Waals surface area contributed by atoms with Crippen molar-refractivity contribution in [2.45, 2.75) is 31.7 Å². The van der Waals surface area contributed by atoms with Crippen molar-refractivity contribution >= 4 is 23.1 Å². The Morgan fingerprint density at radius 3 is 2.59 bits per heavy atom. The highest BCUT2D eigenvalue weighted by Crippen LogP contribution is 2.40. The molecule has 29 heavy (non-hydrogen) atoms. The van der Waals surface area contributed by atoms with Gasteiger partial charge in [-0.2, -0.15) is 5.10 Å². The van der Waals surface area contributed by atoms with E-state index in [0.717, 1.165) is 24.6 Å². The van der Waals surface area contributed by atoms with Crippen LogP contribution in [0.1, 0.15) is 43.0 Å². The number of aromatic amines is 1. The molecule has 10 heteroatoms. The minimum atomic E-state index is -0.868. The standard InChI is InChI=1S/C19H18F2N6O2/c1-10(11-4-6-13(20)7-5-11)22-19-16(27(28)29)8-14(21)18(24-19)23-17-9-15(25-26-17)12-2-3-12/h4-10,12H,2-3H2,1H3,(H3,22,23,24,25,26)/t10-/m0/s1. The van der Waals surface area contributed by atoms with Gasteiger partial charge in [-0.25, -0.2) is 13.8 Å². The first-order valence-electron chi connectivity index (χ1n) is 9.10. The zero-order valence-electron chi connectivity index (χ0n) is 15.4. The van der Waals surface area contributed by atoms with Crippen LogP contribution in [0.15, 0.2) is 36.4 Å². The van der Waals surface area contributed by atoms with Crippen LogP contribution in [-0.2, 0) is 0 Å². The number of H-pyrrole nitrogens is 1. The van der Waals surface area contributed by atoms with E-state index in [9.17, 15) is 18.9 Å². The largest absolute Gasteiger partial charge is 0.358 e. The normalized spacial score (nSPS) is 14.4. The molecule has 0 spiro atoms. The molecular weight excluding hydrogens is 382 g/mol. The Labute approximate surface area is 164 Å². The average molecular weight is 400 g/mol. The van der Waals surface area contributed by atoms with E-state index in [1.807, 2.05) is 0 Å². The summed E-state index contributed by atoms with van der Waals surface area (Å²) in [6, 6.07) is 7.86. The number of hydrogen-bond donors (Lipinski definition) is 3. The van der Waals surface area contributed by atoms with Gasteiger partial charge in [-0.05, 0) is 37.5 Å². The maximum Gasteiger partial charge on any atom is 0.314 e. The van der Waals surface area contributed by atoms with Crippen LogP contribution in [0.3, 0.4) is 0 Å². The first-order valence-corrected chi connectivity index (χ1v) is 9.10. The monoisotopic (exact) mass is 400 g/mol. The summed E-state index contributed by atoms with van der Waals surface area (Å²) in [5.74, 6) is -0.714. The summed E-state index contributed by atoms with van der Waals surface area (Å²) < 4.78 is 27.5. The molecular formula is C19H18F2N6O2. The van der Waals surface area contributed by atoms with Crippen molar-refractivity contribution in [1.29, 1.82) is 0 Å². The van der Waals surface area contributed by atoms with E-state index in [0.29, 0.717) is 17.3 Å². The number of nitrogens with one attached hydrogen (secondary N) is 3. The Morgan fingerprint density at radius 1 is 1.21 bits per heavy atom. The lowest BCUT2D eigenvalue weighted by atomic mass is 10.1. The molecule has 1 aliphatic rings. The lowest BCUT2D eigenvalue weighted by molar-refractivity contribution is -0.384. The highest BCUT2D eigenvalue weighted by atomic mass is 19.1. The van der Waals surface area contributed by atoms with Gasteiger partial charge in [0.25, 0.3) is 0 Å². The Kier molecular flexibility index (Phi) is 4.83. The fourth-order valence-electron chi connectivity index (χ4n) is 2.98. The van der Waals surface area contributed by atoms with Crippen molar-refractivity contribution in [2.75, 3.05) is 10.6 Å². The van der Waals surface area contributed by atoms with Crippen molar-refractivity contribution in [3.8, 4) is 0 Å². The number of benzene rings is 1. The summed E-state index contributed by atoms with van der Waals surface area (Å²) in [5.41, 5.74) is 1.16. The van der Waals surface area contributed by atoms with E-state index in [4.69, 9.17) is 0 Å². The van der Waals surface area contributed by atoms with Crippen molar-refractivity contribution in [2.24, 2.45) is 0 Å². The molecule has 3 aromatic rings. The molecule has 8 nitrogen and oxygen atoms in total. The topological polar surface area (TPSA) is 109 Å². The first kappa shape index (κ1) is 18.8. The lowest BCUT2D eigenvalue weighted by Crippen LogP contribution is -2.11. The van der Waals surface area contributed by atoms with Gasteiger partial charge in [0.05, 0.1) is 17.0 Å². The summed E-state index contributed by atoms with van der Waals surface area (Å²) in [7, 11) is 0. The number of nitro groups is 1. The van der Waals surface area contributed by atoms with Crippen molar-refractivity contribution in [1.82, 2.24) is 15.2 Å². The molecule has 1 aromatic carbocycles. The lowest BCUT2D eigenvalue weighted by Gasteiger charge is -2.16. The summed E-state index contributed by atoms with van der Waals surface area (Å²) in [6.07, 6.45) is 2.17. The van der Waals surface area contributed by atoms with E-state index < -0.39 is 22.5 Å². The molecule has 3 N–H and O–H groups in total. The molecule has 1 atom stereocenters. The van der Waals surface area contributed by atoms with Gasteiger partial charge >= 0.3 is 5.69 Å². The fourth-order valence-corrected chi connectivity index (χ4v) is 2.98. The third-order valence-electron chi connectivity index (χ3n) is 4.74. The maximum atomic E-state index is 14.4. The highest BCUT2D eigenvalue weighted by Gasteiger charge is 2.26. The first-order chi connectivity index (χ1) is 13.9. The van der Waals surface area contributed by atoms with Gasteiger partial charge in [0.1, 0.15) is 5.82 Å². The molecule has 2 aromatic heterocycles. The predicted molar refractivity (Wildman–Crippen MR) is 103 cm³/mol. The molecule has 1 saturated carbocycles. The zero-order chi connectivity index (χ0) is 20.5. The average Bonchev–Trinajstić information content (AvgIpc) is 3.43. The number of aromatic nitrogens is 3. The summed E-state index contributed by atoms with van der Waals surface area (Å²) >= 11 is 0. The number of anilines is 3. The zero-order valence-corrected chi connectivity index (χ0v) is 15.4. The SMILES string of the molecule is C[C@H](Nc1nc(Nc2cc(C3CC3)[nH]n2)c(F)cc1[N+](=O)[O-])c1ccc(F)cc1. The van der Waals surface area contributed by atoms with Gasteiger partial charge in [0.15, 0.2) is 17.5 Å². The molecule has 2 heterocycles. The van der Waals surface area contributed by atoms with E-state index >= 15 is 0 Å². The van der Waals surface area contributed by atoms with E-state index in [1.54, 1.807) is 25.1 Å². The minimum absolute atomic E-state index is 0.103. The second-order valence-electron chi connectivity index (χ2n) is 6.97. The van der Waals surface area contributed by atoms with Crippen LogP contribution in [0, 0.1) is 21.7 Å². The van der Waals surface area contributed by atoms with Gasteiger partial charge in [-0.1, -0.05) is 12.1 Å². The van der Waals surface area contributed by atoms with E-state index in [-0.39, 0.29) is 17.5 Å². The van der Waals surface area contributed by atoms with Crippen LogP contribution >= 0.6 is 0 Å². The van der Waals surface area contributed by atoms with E-state index in [1.165, 1.54) is 12.1 Å². The van der Waals surface area contributed by atoms with E-state index in [2.05, 4.69) is 25.8 Å². The van der Waals surface area contributed by atoms with Gasteiger partial charge in [0, 0.05) is 17.7 Å². The van der Waals surface area contributed by atoms with Gasteiger partial charge in [-0.3, -0.25) is 15.2 Å². The van der Waals surface area contributed by atoms with Gasteiger partial charge in [-0.15, -0.1) is 0 Å². The molecule has 0 unspecified atom stereocenters. The highest BCUT2D eigenvalue weighted by molar-refractivity contribution is 5.64. The smallest absolute Gasteiger partial charge is 0.314 e. The van der Waals surface area contributed by atoms with Crippen LogP contribution in [0.5, 0.6) is 0 Å². The third-order valence-corrected chi connectivity index (χ3v) is 4.74. The molecule has 1 fully saturated rings. The molecule has 150 valence electrons. The molecule has 0 aliphatic heterocycles. The Hall–Kier alpha value is -3.56. The second-order valence-corrected chi connectivity index (χ2v) is 6.97. The van der Waals surface area contributed by atoms with Crippen molar-refractivity contribution < 1.29 is 13.7 Å². The number of halogens is 2. The Bertz CT molecular complexity index is 1050. The summed E-state index contributed by atoms with van der Waals surface area (Å²) in [6.45, 7) is 1.74. The summed E-state index contributed by atoms with van der Waals surface area (Å²) in [4.78, 5) is 14.7. The molecule has 0 saturated heterocycles. The Morgan fingerprint density at radius 2 is 1.93 bits per heavy atom. The predicted octanol–water partition coefficient (Wildman–Crippen LogP) is 4.79.